The van der Waals surface area contributed by atoms with Gasteiger partial charge in [0.25, 0.3) is 15.9 Å². The molecule has 1 heterocycles. The normalized spacial score (nSPS) is 12.2. The van der Waals surface area contributed by atoms with Gasteiger partial charge in [-0.25, -0.2) is 13.4 Å². The zero-order chi connectivity index (χ0) is 23.3. The van der Waals surface area contributed by atoms with E-state index < -0.39 is 10.0 Å². The Kier molecular flexibility index (Phi) is 6.50. The van der Waals surface area contributed by atoms with Gasteiger partial charge in [0.1, 0.15) is 12.7 Å². The molecule has 1 N–H and O–H groups in total. The monoisotopic (exact) mass is 461 g/mol. The van der Waals surface area contributed by atoms with Crippen molar-refractivity contribution in [2.75, 3.05) is 11.4 Å². The first-order valence-electron chi connectivity index (χ1n) is 10.3. The van der Waals surface area contributed by atoms with Gasteiger partial charge in [-0.2, -0.15) is 5.10 Å². The van der Waals surface area contributed by atoms with Crippen molar-refractivity contribution in [1.29, 1.82) is 0 Å². The van der Waals surface area contributed by atoms with E-state index in [9.17, 15) is 13.2 Å². The van der Waals surface area contributed by atoms with Crippen LogP contribution in [-0.2, 0) is 16.6 Å². The minimum absolute atomic E-state index is 0.104. The highest BCUT2D eigenvalue weighted by atomic mass is 32.2. The molecule has 0 saturated heterocycles. The minimum Gasteiger partial charge on any atom is -0.343 e. The first-order chi connectivity index (χ1) is 15.9. The first-order valence-corrected chi connectivity index (χ1v) is 11.7. The van der Waals surface area contributed by atoms with Gasteiger partial charge >= 0.3 is 0 Å². The maximum absolute atomic E-state index is 13.0. The van der Waals surface area contributed by atoms with Crippen molar-refractivity contribution in [3.05, 3.63) is 109 Å². The average Bonchev–Trinajstić information content (AvgIpc) is 3.37. The molecule has 0 aliphatic rings. The van der Waals surface area contributed by atoms with Crippen LogP contribution in [0, 0.1) is 0 Å². The zero-order valence-corrected chi connectivity index (χ0v) is 18.8. The molecule has 0 bridgehead atoms. The average molecular weight is 462 g/mol. The van der Waals surface area contributed by atoms with Crippen molar-refractivity contribution in [2.45, 2.75) is 17.5 Å². The van der Waals surface area contributed by atoms with E-state index in [4.69, 9.17) is 0 Å². The molecule has 0 aliphatic heterocycles. The molecule has 1 amide bonds. The number of amides is 1. The lowest BCUT2D eigenvalue weighted by molar-refractivity contribution is 0.0931. The summed E-state index contributed by atoms with van der Waals surface area (Å²) in [6.45, 7) is 0.407. The summed E-state index contributed by atoms with van der Waals surface area (Å²) in [4.78, 5) is 17.0. The van der Waals surface area contributed by atoms with E-state index in [2.05, 4.69) is 15.4 Å². The number of benzene rings is 3. The van der Waals surface area contributed by atoms with Gasteiger partial charge in [0, 0.05) is 12.6 Å². The number of nitrogens with one attached hydrogen (secondary N) is 1. The molecule has 33 heavy (non-hydrogen) atoms. The maximum atomic E-state index is 13.0. The van der Waals surface area contributed by atoms with Gasteiger partial charge in [-0.1, -0.05) is 48.5 Å². The highest BCUT2D eigenvalue weighted by Crippen LogP contribution is 2.22. The van der Waals surface area contributed by atoms with Crippen LogP contribution >= 0.6 is 0 Å². The Balaban J connectivity index is 1.52. The molecule has 4 rings (SSSR count). The van der Waals surface area contributed by atoms with Crippen LogP contribution in [0.1, 0.15) is 22.0 Å². The van der Waals surface area contributed by atoms with Crippen molar-refractivity contribution in [3.63, 3.8) is 0 Å². The molecule has 3 aromatic carbocycles. The number of sulfonamides is 1. The van der Waals surface area contributed by atoms with Gasteiger partial charge in [0.2, 0.25) is 0 Å². The van der Waals surface area contributed by atoms with E-state index in [-0.39, 0.29) is 16.8 Å². The van der Waals surface area contributed by atoms with E-state index in [0.29, 0.717) is 17.8 Å². The van der Waals surface area contributed by atoms with Crippen molar-refractivity contribution in [3.8, 4) is 0 Å². The Hall–Kier alpha value is -3.98. The smallest absolute Gasteiger partial charge is 0.264 e. The predicted molar refractivity (Wildman–Crippen MR) is 125 cm³/mol. The molecule has 1 unspecified atom stereocenters. The summed E-state index contributed by atoms with van der Waals surface area (Å²) in [6.07, 6.45) is 3.03. The number of aromatic nitrogens is 3. The quantitative estimate of drug-likeness (QED) is 0.434. The van der Waals surface area contributed by atoms with Gasteiger partial charge in [0.05, 0.1) is 23.2 Å². The minimum atomic E-state index is -3.75. The fourth-order valence-electron chi connectivity index (χ4n) is 3.39. The second kappa shape index (κ2) is 9.66. The van der Waals surface area contributed by atoms with Crippen LogP contribution in [0.2, 0.25) is 0 Å². The summed E-state index contributed by atoms with van der Waals surface area (Å²) in [6, 6.07) is 23.9. The standard InChI is InChI=1S/C24H23N5O3S/c1-28(21-10-6-3-7-11-21)33(31,32)22-14-12-20(13-15-22)24(30)27-23(16-29-18-25-17-26-29)19-8-4-2-5-9-19/h2-15,17-18,23H,16H2,1H3,(H,27,30). The molecule has 4 aromatic rings. The van der Waals surface area contributed by atoms with Gasteiger partial charge in [0.15, 0.2) is 0 Å². The fraction of sp³-hybridized carbons (Fsp3) is 0.125. The zero-order valence-electron chi connectivity index (χ0n) is 17.9. The summed E-state index contributed by atoms with van der Waals surface area (Å²) in [5, 5.41) is 7.13. The summed E-state index contributed by atoms with van der Waals surface area (Å²) >= 11 is 0. The van der Waals surface area contributed by atoms with E-state index in [0.717, 1.165) is 5.56 Å². The van der Waals surface area contributed by atoms with Crippen molar-refractivity contribution in [2.24, 2.45) is 0 Å². The maximum Gasteiger partial charge on any atom is 0.264 e. The van der Waals surface area contributed by atoms with Crippen LogP contribution in [0.5, 0.6) is 0 Å². The highest BCUT2D eigenvalue weighted by molar-refractivity contribution is 7.92. The van der Waals surface area contributed by atoms with Crippen LogP contribution < -0.4 is 9.62 Å². The molecule has 168 valence electrons. The number of anilines is 1. The lowest BCUT2D eigenvalue weighted by Gasteiger charge is -2.20. The molecule has 0 fully saturated rings. The highest BCUT2D eigenvalue weighted by Gasteiger charge is 2.22. The van der Waals surface area contributed by atoms with Crippen molar-refractivity contribution in [1.82, 2.24) is 20.1 Å². The summed E-state index contributed by atoms with van der Waals surface area (Å²) in [5.74, 6) is -0.315. The molecule has 0 saturated carbocycles. The first kappa shape index (κ1) is 22.2. The van der Waals surface area contributed by atoms with E-state index in [1.165, 1.54) is 41.9 Å². The Morgan fingerprint density at radius 2 is 1.61 bits per heavy atom. The van der Waals surface area contributed by atoms with Crippen LogP contribution in [-0.4, -0.2) is 36.1 Å². The lowest BCUT2D eigenvalue weighted by atomic mass is 10.1. The largest absolute Gasteiger partial charge is 0.343 e. The Labute approximate surface area is 192 Å². The molecular weight excluding hydrogens is 438 g/mol. The lowest BCUT2D eigenvalue weighted by Crippen LogP contribution is -2.31. The summed E-state index contributed by atoms with van der Waals surface area (Å²) in [5.41, 5.74) is 1.83. The molecule has 0 aliphatic carbocycles. The Morgan fingerprint density at radius 1 is 0.970 bits per heavy atom. The van der Waals surface area contributed by atoms with E-state index >= 15 is 0 Å². The number of para-hydroxylation sites is 1. The van der Waals surface area contributed by atoms with Crippen molar-refractivity contribution >= 4 is 21.6 Å². The number of carbonyl (C=O) groups excluding carboxylic acids is 1. The van der Waals surface area contributed by atoms with Gasteiger partial charge < -0.3 is 5.32 Å². The molecular formula is C24H23N5O3S. The van der Waals surface area contributed by atoms with Crippen LogP contribution in [0.25, 0.3) is 0 Å². The molecule has 0 spiro atoms. The number of nitrogens with zero attached hydrogens (tertiary/aromatic N) is 4. The van der Waals surface area contributed by atoms with Gasteiger partial charge in [-0.3, -0.25) is 13.8 Å². The third-order valence-corrected chi connectivity index (χ3v) is 7.04. The van der Waals surface area contributed by atoms with E-state index in [1.54, 1.807) is 35.3 Å². The molecule has 1 atom stereocenters. The third kappa shape index (κ3) is 5.09. The number of hydrogen-bond acceptors (Lipinski definition) is 5. The SMILES string of the molecule is CN(c1ccccc1)S(=O)(=O)c1ccc(C(=O)NC(Cn2cncn2)c2ccccc2)cc1. The number of hydrogen-bond donors (Lipinski definition) is 1. The van der Waals surface area contributed by atoms with Crippen molar-refractivity contribution < 1.29 is 13.2 Å². The second-order valence-corrected chi connectivity index (χ2v) is 9.36. The van der Waals surface area contributed by atoms with Gasteiger partial charge in [-0.15, -0.1) is 0 Å². The molecule has 8 nitrogen and oxygen atoms in total. The number of carbonyl (C=O) groups is 1. The molecule has 9 heteroatoms. The van der Waals surface area contributed by atoms with Gasteiger partial charge in [-0.05, 0) is 42.0 Å². The topological polar surface area (TPSA) is 97.2 Å². The summed E-state index contributed by atoms with van der Waals surface area (Å²) in [7, 11) is -2.25. The van der Waals surface area contributed by atoms with E-state index in [1.807, 2.05) is 36.4 Å². The Morgan fingerprint density at radius 3 is 2.21 bits per heavy atom. The Bertz CT molecular complexity index is 1290. The molecule has 0 radical (unpaired) electrons. The van der Waals surface area contributed by atoms with Crippen LogP contribution in [0.15, 0.2) is 102 Å². The third-order valence-electron chi connectivity index (χ3n) is 5.24. The molecule has 1 aromatic heterocycles. The summed E-state index contributed by atoms with van der Waals surface area (Å²) < 4.78 is 28.8. The second-order valence-electron chi connectivity index (χ2n) is 7.39. The predicted octanol–water partition coefficient (Wildman–Crippen LogP) is 3.27. The van der Waals surface area contributed by atoms with Crippen LogP contribution in [0.3, 0.4) is 0 Å². The van der Waals surface area contributed by atoms with Crippen LogP contribution in [0.4, 0.5) is 5.69 Å². The fourth-order valence-corrected chi connectivity index (χ4v) is 4.58. The number of rotatable bonds is 8.